The van der Waals surface area contributed by atoms with Crippen LogP contribution >= 0.6 is 23.4 Å². The minimum atomic E-state index is 0.105. The van der Waals surface area contributed by atoms with E-state index in [1.165, 1.54) is 16.7 Å². The zero-order chi connectivity index (χ0) is 16.5. The van der Waals surface area contributed by atoms with Crippen molar-refractivity contribution in [2.75, 3.05) is 12.3 Å². The Morgan fingerprint density at radius 1 is 1.13 bits per heavy atom. The van der Waals surface area contributed by atoms with Crippen LogP contribution in [0.4, 0.5) is 0 Å². The predicted octanol–water partition coefficient (Wildman–Crippen LogP) is 4.63. The van der Waals surface area contributed by atoms with Crippen molar-refractivity contribution in [1.82, 2.24) is 5.32 Å². The second kappa shape index (κ2) is 9.64. The Kier molecular flexibility index (Phi) is 7.50. The Labute approximate surface area is 147 Å². The second-order valence-corrected chi connectivity index (χ2v) is 6.98. The molecule has 2 aromatic rings. The Morgan fingerprint density at radius 3 is 2.65 bits per heavy atom. The first-order valence-electron chi connectivity index (χ1n) is 7.78. The molecule has 0 unspecified atom stereocenters. The molecular formula is C19H22ClNOS. The van der Waals surface area contributed by atoms with Gasteiger partial charge in [0, 0.05) is 17.3 Å². The number of rotatable bonds is 8. The maximum atomic E-state index is 11.8. The molecule has 0 saturated carbocycles. The lowest BCUT2D eigenvalue weighted by molar-refractivity contribution is -0.118. The van der Waals surface area contributed by atoms with E-state index >= 15 is 0 Å². The van der Waals surface area contributed by atoms with E-state index in [-0.39, 0.29) is 5.91 Å². The molecule has 2 aromatic carbocycles. The number of thioether (sulfide) groups is 1. The fourth-order valence-corrected chi connectivity index (χ4v) is 3.22. The first-order chi connectivity index (χ1) is 11.1. The van der Waals surface area contributed by atoms with E-state index in [0.29, 0.717) is 5.75 Å². The summed E-state index contributed by atoms with van der Waals surface area (Å²) >= 11 is 7.47. The summed E-state index contributed by atoms with van der Waals surface area (Å²) in [6.45, 7) is 2.83. The van der Waals surface area contributed by atoms with Crippen LogP contribution in [0.15, 0.2) is 48.5 Å². The first-order valence-corrected chi connectivity index (χ1v) is 9.31. The van der Waals surface area contributed by atoms with Gasteiger partial charge in [0.15, 0.2) is 0 Å². The third-order valence-corrected chi connectivity index (χ3v) is 4.72. The molecule has 0 aliphatic heterocycles. The fourth-order valence-electron chi connectivity index (χ4n) is 2.28. The van der Waals surface area contributed by atoms with Gasteiger partial charge in [0.25, 0.3) is 0 Å². The lowest BCUT2D eigenvalue weighted by atomic mass is 10.1. The molecule has 1 N–H and O–H groups in total. The van der Waals surface area contributed by atoms with Crippen molar-refractivity contribution in [2.45, 2.75) is 25.5 Å². The topological polar surface area (TPSA) is 29.1 Å². The van der Waals surface area contributed by atoms with E-state index in [0.717, 1.165) is 30.2 Å². The number of hydrogen-bond donors (Lipinski definition) is 1. The highest BCUT2D eigenvalue weighted by Gasteiger charge is 2.02. The van der Waals surface area contributed by atoms with E-state index in [1.54, 1.807) is 11.8 Å². The molecule has 0 bridgehead atoms. The van der Waals surface area contributed by atoms with Crippen LogP contribution in [0.25, 0.3) is 0 Å². The van der Waals surface area contributed by atoms with Gasteiger partial charge in [0.05, 0.1) is 5.75 Å². The summed E-state index contributed by atoms with van der Waals surface area (Å²) in [7, 11) is 0. The van der Waals surface area contributed by atoms with Crippen LogP contribution in [0, 0.1) is 6.92 Å². The van der Waals surface area contributed by atoms with E-state index in [9.17, 15) is 4.79 Å². The fraction of sp³-hybridized carbons (Fsp3) is 0.316. The molecule has 23 heavy (non-hydrogen) atoms. The van der Waals surface area contributed by atoms with E-state index in [1.807, 2.05) is 24.3 Å². The third kappa shape index (κ3) is 7.10. The highest BCUT2D eigenvalue weighted by molar-refractivity contribution is 7.99. The van der Waals surface area contributed by atoms with Crippen LogP contribution in [0.3, 0.4) is 0 Å². The molecule has 2 nitrogen and oxygen atoms in total. The summed E-state index contributed by atoms with van der Waals surface area (Å²) in [5, 5.41) is 3.72. The van der Waals surface area contributed by atoms with E-state index < -0.39 is 0 Å². The van der Waals surface area contributed by atoms with Crippen molar-refractivity contribution in [3.63, 3.8) is 0 Å². The van der Waals surface area contributed by atoms with Crippen molar-refractivity contribution in [1.29, 1.82) is 0 Å². The smallest absolute Gasteiger partial charge is 0.230 e. The highest BCUT2D eigenvalue weighted by Crippen LogP contribution is 2.15. The molecule has 0 aromatic heterocycles. The maximum Gasteiger partial charge on any atom is 0.230 e. The molecule has 0 heterocycles. The molecule has 4 heteroatoms. The molecule has 0 saturated heterocycles. The monoisotopic (exact) mass is 347 g/mol. The number of benzene rings is 2. The minimum Gasteiger partial charge on any atom is -0.355 e. The van der Waals surface area contributed by atoms with Gasteiger partial charge in [-0.3, -0.25) is 4.79 Å². The Morgan fingerprint density at radius 2 is 1.91 bits per heavy atom. The summed E-state index contributed by atoms with van der Waals surface area (Å²) in [4.78, 5) is 11.8. The summed E-state index contributed by atoms with van der Waals surface area (Å²) in [5.41, 5.74) is 3.80. The number of aryl methyl sites for hydroxylation is 2. The Hall–Kier alpha value is -1.45. The summed E-state index contributed by atoms with van der Waals surface area (Å²) < 4.78 is 0. The van der Waals surface area contributed by atoms with Crippen molar-refractivity contribution >= 4 is 29.3 Å². The van der Waals surface area contributed by atoms with Gasteiger partial charge >= 0.3 is 0 Å². The second-order valence-electron chi connectivity index (χ2n) is 5.56. The van der Waals surface area contributed by atoms with Crippen LogP contribution in [0.1, 0.15) is 23.1 Å². The van der Waals surface area contributed by atoms with Crippen molar-refractivity contribution in [2.24, 2.45) is 0 Å². The molecule has 122 valence electrons. The number of halogens is 1. The normalized spacial score (nSPS) is 10.5. The minimum absolute atomic E-state index is 0.105. The van der Waals surface area contributed by atoms with Crippen molar-refractivity contribution in [3.05, 3.63) is 70.2 Å². The summed E-state index contributed by atoms with van der Waals surface area (Å²) in [6, 6.07) is 16.3. The standard InChI is InChI=1S/C19H22ClNOS/c1-15-4-2-5-16(12-15)6-3-11-21-19(22)14-23-13-17-7-9-18(20)10-8-17/h2,4-5,7-10,12H,3,6,11,13-14H2,1H3,(H,21,22). The van der Waals surface area contributed by atoms with Gasteiger partial charge in [0.2, 0.25) is 5.91 Å². The lowest BCUT2D eigenvalue weighted by Gasteiger charge is -2.06. The van der Waals surface area contributed by atoms with Crippen molar-refractivity contribution in [3.8, 4) is 0 Å². The summed E-state index contributed by atoms with van der Waals surface area (Å²) in [6.07, 6.45) is 1.97. The van der Waals surface area contributed by atoms with Gasteiger partial charge in [-0.2, -0.15) is 0 Å². The van der Waals surface area contributed by atoms with Crippen molar-refractivity contribution < 1.29 is 4.79 Å². The molecule has 0 atom stereocenters. The van der Waals surface area contributed by atoms with Gasteiger partial charge in [-0.1, -0.05) is 53.6 Å². The highest BCUT2D eigenvalue weighted by atomic mass is 35.5. The largest absolute Gasteiger partial charge is 0.355 e. The molecule has 0 aliphatic rings. The van der Waals surface area contributed by atoms with Crippen LogP contribution in [-0.4, -0.2) is 18.2 Å². The Balaban J connectivity index is 1.57. The molecule has 1 amide bonds. The van der Waals surface area contributed by atoms with Crippen LogP contribution in [0.5, 0.6) is 0 Å². The molecular weight excluding hydrogens is 326 g/mol. The molecule has 0 radical (unpaired) electrons. The van der Waals surface area contributed by atoms with Gasteiger partial charge in [-0.05, 0) is 43.0 Å². The van der Waals surface area contributed by atoms with Gasteiger partial charge in [-0.25, -0.2) is 0 Å². The first kappa shape index (κ1) is 17.9. The number of hydrogen-bond acceptors (Lipinski definition) is 2. The average Bonchev–Trinajstić information content (AvgIpc) is 2.54. The Bertz CT molecular complexity index is 628. The predicted molar refractivity (Wildman–Crippen MR) is 100 cm³/mol. The molecule has 0 fully saturated rings. The number of carbonyl (C=O) groups is 1. The number of carbonyl (C=O) groups excluding carboxylic acids is 1. The van der Waals surface area contributed by atoms with E-state index in [2.05, 4.69) is 36.5 Å². The van der Waals surface area contributed by atoms with Crippen LogP contribution in [-0.2, 0) is 17.0 Å². The molecule has 0 aliphatic carbocycles. The number of amides is 1. The van der Waals surface area contributed by atoms with Crippen LogP contribution in [0.2, 0.25) is 5.02 Å². The number of nitrogens with one attached hydrogen (secondary N) is 1. The maximum absolute atomic E-state index is 11.8. The molecule has 0 spiro atoms. The van der Waals surface area contributed by atoms with E-state index in [4.69, 9.17) is 11.6 Å². The summed E-state index contributed by atoms with van der Waals surface area (Å²) in [5.74, 6) is 1.43. The average molecular weight is 348 g/mol. The molecule has 2 rings (SSSR count). The third-order valence-electron chi connectivity index (χ3n) is 3.46. The van der Waals surface area contributed by atoms with Gasteiger partial charge < -0.3 is 5.32 Å². The van der Waals surface area contributed by atoms with Gasteiger partial charge in [-0.15, -0.1) is 11.8 Å². The SMILES string of the molecule is Cc1cccc(CCCNC(=O)CSCc2ccc(Cl)cc2)c1. The quantitative estimate of drug-likeness (QED) is 0.705. The zero-order valence-corrected chi connectivity index (χ0v) is 14.9. The van der Waals surface area contributed by atoms with Gasteiger partial charge in [0.1, 0.15) is 0 Å². The lowest BCUT2D eigenvalue weighted by Crippen LogP contribution is -2.26. The zero-order valence-electron chi connectivity index (χ0n) is 13.3. The van der Waals surface area contributed by atoms with Crippen LogP contribution < -0.4 is 5.32 Å².